The SMILES string of the molecule is CC1(C)c2ccc(-c3ccc4c(=O)c5ccccc5oc4c3)cc2-c2ccc(N(c3ccccc3)c3ccc4ccccc4c3)cc21. The molecule has 7 aromatic carbocycles. The van der Waals surface area contributed by atoms with Crippen molar-refractivity contribution >= 4 is 49.8 Å². The molecule has 1 aliphatic carbocycles. The molecule has 0 fully saturated rings. The van der Waals surface area contributed by atoms with E-state index in [1.54, 1.807) is 0 Å². The van der Waals surface area contributed by atoms with Gasteiger partial charge in [0.2, 0.25) is 5.43 Å². The highest BCUT2D eigenvalue weighted by molar-refractivity contribution is 5.94. The van der Waals surface area contributed by atoms with Crippen LogP contribution in [0.2, 0.25) is 0 Å². The van der Waals surface area contributed by atoms with Gasteiger partial charge in [-0.25, -0.2) is 0 Å². The zero-order valence-electron chi connectivity index (χ0n) is 26.2. The van der Waals surface area contributed by atoms with Gasteiger partial charge in [-0.05, 0) is 111 Å². The fourth-order valence-electron chi connectivity index (χ4n) is 7.38. The normalized spacial score (nSPS) is 13.1. The first-order chi connectivity index (χ1) is 23.0. The third kappa shape index (κ3) is 4.31. The lowest BCUT2D eigenvalue weighted by Crippen LogP contribution is -2.16. The van der Waals surface area contributed by atoms with Crippen LogP contribution in [0.3, 0.4) is 0 Å². The summed E-state index contributed by atoms with van der Waals surface area (Å²) in [5, 5.41) is 3.65. The van der Waals surface area contributed by atoms with Crippen molar-refractivity contribution in [3.63, 3.8) is 0 Å². The first kappa shape index (κ1) is 27.4. The Bertz CT molecular complexity index is 2580. The Morgan fingerprint density at radius 1 is 0.489 bits per heavy atom. The van der Waals surface area contributed by atoms with Crippen molar-refractivity contribution in [2.45, 2.75) is 19.3 Å². The van der Waals surface area contributed by atoms with Crippen LogP contribution in [-0.2, 0) is 5.41 Å². The average molecular weight is 606 g/mol. The van der Waals surface area contributed by atoms with E-state index in [1.807, 2.05) is 42.5 Å². The van der Waals surface area contributed by atoms with Gasteiger partial charge in [0.15, 0.2) is 0 Å². The number of anilines is 3. The second kappa shape index (κ2) is 10.3. The molecule has 0 amide bonds. The van der Waals surface area contributed by atoms with Crippen LogP contribution in [0.15, 0.2) is 161 Å². The van der Waals surface area contributed by atoms with E-state index in [2.05, 4.69) is 128 Å². The van der Waals surface area contributed by atoms with Gasteiger partial charge in [-0.3, -0.25) is 4.79 Å². The third-order valence-electron chi connectivity index (χ3n) is 9.83. The molecule has 8 aromatic rings. The highest BCUT2D eigenvalue weighted by Gasteiger charge is 2.36. The summed E-state index contributed by atoms with van der Waals surface area (Å²) < 4.78 is 6.20. The van der Waals surface area contributed by atoms with Gasteiger partial charge in [0.1, 0.15) is 11.2 Å². The number of rotatable bonds is 4. The van der Waals surface area contributed by atoms with Crippen LogP contribution >= 0.6 is 0 Å². The first-order valence-corrected chi connectivity index (χ1v) is 16.1. The van der Waals surface area contributed by atoms with Gasteiger partial charge in [0, 0.05) is 22.5 Å². The van der Waals surface area contributed by atoms with Gasteiger partial charge in [0.05, 0.1) is 10.8 Å². The molecule has 0 aliphatic heterocycles. The minimum Gasteiger partial charge on any atom is -0.456 e. The zero-order valence-corrected chi connectivity index (χ0v) is 26.2. The first-order valence-electron chi connectivity index (χ1n) is 16.1. The van der Waals surface area contributed by atoms with Crippen LogP contribution in [0.25, 0.3) is 55.0 Å². The largest absolute Gasteiger partial charge is 0.456 e. The van der Waals surface area contributed by atoms with Crippen molar-refractivity contribution in [2.75, 3.05) is 4.90 Å². The molecular weight excluding hydrogens is 574 g/mol. The molecule has 0 N–H and O–H groups in total. The molecule has 0 saturated carbocycles. The Labute approximate surface area is 273 Å². The molecule has 3 nitrogen and oxygen atoms in total. The lowest BCUT2D eigenvalue weighted by molar-refractivity contribution is 0.659. The highest BCUT2D eigenvalue weighted by atomic mass is 16.3. The number of nitrogens with zero attached hydrogens (tertiary/aromatic N) is 1. The molecule has 0 saturated heterocycles. The standard InChI is InChI=1S/C44H31NO2/c1-44(2)39-23-18-30(31-17-21-37-42(26-31)47-41-15-9-8-14-36(41)43(37)46)25-38(39)35-22-20-34(27-40(35)44)45(32-12-4-3-5-13-32)33-19-16-28-10-6-7-11-29(28)24-33/h3-27H,1-2H3. The molecule has 3 heteroatoms. The van der Waals surface area contributed by atoms with E-state index >= 15 is 0 Å². The van der Waals surface area contributed by atoms with Crippen LogP contribution in [-0.4, -0.2) is 0 Å². The van der Waals surface area contributed by atoms with E-state index < -0.39 is 0 Å². The van der Waals surface area contributed by atoms with Gasteiger partial charge in [-0.2, -0.15) is 0 Å². The van der Waals surface area contributed by atoms with Gasteiger partial charge in [-0.1, -0.05) is 98.8 Å². The average Bonchev–Trinajstić information content (AvgIpc) is 3.34. The topological polar surface area (TPSA) is 33.5 Å². The molecule has 1 aliphatic rings. The van der Waals surface area contributed by atoms with E-state index in [1.165, 1.54) is 33.0 Å². The molecule has 9 rings (SSSR count). The van der Waals surface area contributed by atoms with Crippen LogP contribution in [0.4, 0.5) is 17.1 Å². The smallest absolute Gasteiger partial charge is 0.200 e. The Balaban J connectivity index is 1.16. The maximum atomic E-state index is 13.1. The fourth-order valence-corrected chi connectivity index (χ4v) is 7.38. The summed E-state index contributed by atoms with van der Waals surface area (Å²) in [5.41, 5.74) is 11.6. The molecule has 0 atom stereocenters. The molecule has 0 bridgehead atoms. The molecule has 1 aromatic heterocycles. The van der Waals surface area contributed by atoms with Crippen molar-refractivity contribution in [3.05, 3.63) is 173 Å². The molecule has 47 heavy (non-hydrogen) atoms. The van der Waals surface area contributed by atoms with Crippen molar-refractivity contribution in [1.82, 2.24) is 0 Å². The van der Waals surface area contributed by atoms with Crippen LogP contribution in [0.1, 0.15) is 25.0 Å². The summed E-state index contributed by atoms with van der Waals surface area (Å²) in [4.78, 5) is 15.5. The summed E-state index contributed by atoms with van der Waals surface area (Å²) in [5.74, 6) is 0. The van der Waals surface area contributed by atoms with Crippen molar-refractivity contribution in [2.24, 2.45) is 0 Å². The Morgan fingerprint density at radius 2 is 1.17 bits per heavy atom. The van der Waals surface area contributed by atoms with E-state index in [0.717, 1.165) is 28.2 Å². The van der Waals surface area contributed by atoms with Gasteiger partial charge in [-0.15, -0.1) is 0 Å². The van der Waals surface area contributed by atoms with Gasteiger partial charge < -0.3 is 9.32 Å². The maximum Gasteiger partial charge on any atom is 0.200 e. The summed E-state index contributed by atoms with van der Waals surface area (Å²) in [6, 6.07) is 52.8. The van der Waals surface area contributed by atoms with Gasteiger partial charge in [0.25, 0.3) is 0 Å². The highest BCUT2D eigenvalue weighted by Crippen LogP contribution is 2.51. The number of benzene rings is 7. The van der Waals surface area contributed by atoms with Gasteiger partial charge >= 0.3 is 0 Å². The summed E-state index contributed by atoms with van der Waals surface area (Å²) >= 11 is 0. The quantitative estimate of drug-likeness (QED) is 0.187. The lowest BCUT2D eigenvalue weighted by atomic mass is 9.82. The zero-order chi connectivity index (χ0) is 31.7. The summed E-state index contributed by atoms with van der Waals surface area (Å²) in [6.07, 6.45) is 0. The Hall–Kier alpha value is -5.93. The second-order valence-electron chi connectivity index (χ2n) is 13.0. The van der Waals surface area contributed by atoms with E-state index in [0.29, 0.717) is 21.9 Å². The third-order valence-corrected chi connectivity index (χ3v) is 9.83. The van der Waals surface area contributed by atoms with E-state index in [-0.39, 0.29) is 10.8 Å². The van der Waals surface area contributed by atoms with E-state index in [4.69, 9.17) is 4.42 Å². The Morgan fingerprint density at radius 3 is 2.04 bits per heavy atom. The number of hydrogen-bond acceptors (Lipinski definition) is 3. The molecule has 0 unspecified atom stereocenters. The summed E-state index contributed by atoms with van der Waals surface area (Å²) in [6.45, 7) is 4.64. The van der Waals surface area contributed by atoms with Crippen molar-refractivity contribution in [3.8, 4) is 22.3 Å². The Kier molecular flexibility index (Phi) is 6.00. The minimum atomic E-state index is -0.181. The number of hydrogen-bond donors (Lipinski definition) is 0. The molecule has 1 heterocycles. The van der Waals surface area contributed by atoms with Crippen LogP contribution < -0.4 is 10.3 Å². The maximum absolute atomic E-state index is 13.1. The molecule has 0 radical (unpaired) electrons. The molecular formula is C44H31NO2. The number of para-hydroxylation sites is 2. The number of fused-ring (bicyclic) bond motifs is 6. The molecule has 224 valence electrons. The lowest BCUT2D eigenvalue weighted by Gasteiger charge is -2.28. The summed E-state index contributed by atoms with van der Waals surface area (Å²) in [7, 11) is 0. The predicted molar refractivity (Wildman–Crippen MR) is 195 cm³/mol. The monoisotopic (exact) mass is 605 g/mol. The second-order valence-corrected chi connectivity index (χ2v) is 13.0. The van der Waals surface area contributed by atoms with Crippen molar-refractivity contribution in [1.29, 1.82) is 0 Å². The van der Waals surface area contributed by atoms with Crippen molar-refractivity contribution < 1.29 is 4.42 Å². The minimum absolute atomic E-state index is 0.00192. The molecule has 0 spiro atoms. The van der Waals surface area contributed by atoms with Crippen LogP contribution in [0.5, 0.6) is 0 Å². The van der Waals surface area contributed by atoms with Crippen LogP contribution in [0, 0.1) is 0 Å². The van der Waals surface area contributed by atoms with E-state index in [9.17, 15) is 4.79 Å². The fraction of sp³-hybridized carbons (Fsp3) is 0.0682. The predicted octanol–water partition coefficient (Wildman–Crippen LogP) is 11.5.